The second-order valence-corrected chi connectivity index (χ2v) is 17.1. The lowest BCUT2D eigenvalue weighted by atomic mass is 9.44. The monoisotopic (exact) mass is 640 g/mol. The van der Waals surface area contributed by atoms with Crippen molar-refractivity contribution in [2.75, 3.05) is 45.9 Å². The van der Waals surface area contributed by atoms with Crippen LogP contribution >= 0.6 is 0 Å². The third kappa shape index (κ3) is 5.67. The summed E-state index contributed by atoms with van der Waals surface area (Å²) in [6.07, 6.45) is 10.2. The zero-order valence-electron chi connectivity index (χ0n) is 28.9. The molecule has 0 bridgehead atoms. The van der Waals surface area contributed by atoms with Crippen molar-refractivity contribution in [2.24, 2.45) is 52.3 Å². The molecule has 46 heavy (non-hydrogen) atoms. The number of amides is 2. The molecule has 3 N–H and O–H groups in total. The summed E-state index contributed by atoms with van der Waals surface area (Å²) >= 11 is 0. The van der Waals surface area contributed by atoms with E-state index in [-0.39, 0.29) is 46.9 Å². The highest BCUT2D eigenvalue weighted by atomic mass is 16.5. The predicted molar refractivity (Wildman–Crippen MR) is 176 cm³/mol. The Kier molecular flexibility index (Phi) is 9.12. The van der Waals surface area contributed by atoms with Crippen molar-refractivity contribution in [3.63, 3.8) is 0 Å². The van der Waals surface area contributed by atoms with E-state index in [0.717, 1.165) is 77.9 Å². The van der Waals surface area contributed by atoms with Crippen LogP contribution in [0.2, 0.25) is 0 Å². The van der Waals surface area contributed by atoms with E-state index in [9.17, 15) is 14.4 Å². The second-order valence-electron chi connectivity index (χ2n) is 17.1. The molecule has 9 nitrogen and oxygen atoms in total. The summed E-state index contributed by atoms with van der Waals surface area (Å²) in [5.41, 5.74) is -0.397. The van der Waals surface area contributed by atoms with Gasteiger partial charge in [0.25, 0.3) is 0 Å². The standard InChI is InChI=1S/C37H60N4O5/c1-23-8-11-37(39-22-23)24(2)34-30(46-37)19-29-27-7-6-25-18-26(9-10-35(25,3)28(27)20-31(42)36(29,34)4)40-33(44)21-32(43)38-12-5-13-41-14-16-45-17-15-41/h23-30,34,39H,5-22H2,1-4H3,(H,38,43)(H,40,44)/t23-,24-,25+,26-,27+,28-,29-,30-,34-,35-,36+,37+/m0/s1. The van der Waals surface area contributed by atoms with Gasteiger partial charge in [0, 0.05) is 55.9 Å². The number of hydrogen-bond donors (Lipinski definition) is 3. The minimum absolute atomic E-state index is 0.103. The molecule has 7 rings (SSSR count). The van der Waals surface area contributed by atoms with Gasteiger partial charge >= 0.3 is 0 Å². The topological polar surface area (TPSA) is 109 Å². The number of ketones is 1. The SMILES string of the molecule is C[C@H]1CC[C@@]2(NC1)O[C@H]1C[C@H]3[C@@H]4CC[C@@H]5C[C@@H](NC(=O)CC(=O)NCCCN6CCOCC6)CC[C@]5(C)[C@H]4CC(=O)[C@]3(C)[C@H]1[C@@H]2C. The van der Waals surface area contributed by atoms with Crippen molar-refractivity contribution in [1.82, 2.24) is 20.9 Å². The quantitative estimate of drug-likeness (QED) is 0.286. The molecule has 2 amide bonds. The first-order chi connectivity index (χ1) is 22.0. The lowest BCUT2D eigenvalue weighted by Gasteiger charge is -2.60. The summed E-state index contributed by atoms with van der Waals surface area (Å²) in [6.45, 7) is 15.5. The Morgan fingerprint density at radius 1 is 1.00 bits per heavy atom. The molecule has 0 radical (unpaired) electrons. The molecule has 0 unspecified atom stereocenters. The molecule has 0 aromatic carbocycles. The Balaban J connectivity index is 0.921. The fourth-order valence-electron chi connectivity index (χ4n) is 12.1. The number of piperidine rings is 1. The van der Waals surface area contributed by atoms with Gasteiger partial charge in [-0.3, -0.25) is 24.6 Å². The Hall–Kier alpha value is -1.55. The zero-order valence-corrected chi connectivity index (χ0v) is 28.9. The maximum atomic E-state index is 14.4. The minimum Gasteiger partial charge on any atom is -0.379 e. The van der Waals surface area contributed by atoms with Gasteiger partial charge in [-0.25, -0.2) is 0 Å². The fourth-order valence-corrected chi connectivity index (χ4v) is 12.1. The summed E-state index contributed by atoms with van der Waals surface area (Å²) in [5.74, 6) is 3.41. The molecule has 1 spiro atoms. The molecule has 3 saturated heterocycles. The number of Topliss-reactive ketones (excluding diaryl/α,β-unsaturated/α-hetero) is 1. The van der Waals surface area contributed by atoms with Gasteiger partial charge in [0.05, 0.1) is 19.3 Å². The van der Waals surface area contributed by atoms with E-state index in [1.807, 2.05) is 0 Å². The van der Waals surface area contributed by atoms with E-state index in [1.54, 1.807) is 0 Å². The number of carbonyl (C=O) groups excluding carboxylic acids is 3. The van der Waals surface area contributed by atoms with Crippen LogP contribution in [0.15, 0.2) is 0 Å². The Labute approximate surface area is 276 Å². The lowest BCUT2D eigenvalue weighted by molar-refractivity contribution is -0.160. The normalized spacial score (nSPS) is 47.0. The van der Waals surface area contributed by atoms with Gasteiger partial charge in [0.1, 0.15) is 17.9 Å². The van der Waals surface area contributed by atoms with Crippen LogP contribution in [-0.2, 0) is 23.9 Å². The number of morpholine rings is 1. The van der Waals surface area contributed by atoms with Crippen LogP contribution < -0.4 is 16.0 Å². The molecule has 0 aromatic heterocycles. The first kappa shape index (κ1) is 33.0. The van der Waals surface area contributed by atoms with Gasteiger partial charge in [0.2, 0.25) is 11.8 Å². The van der Waals surface area contributed by atoms with Crippen LogP contribution in [0.3, 0.4) is 0 Å². The molecule has 7 fully saturated rings. The number of hydrogen-bond acceptors (Lipinski definition) is 7. The third-order valence-corrected chi connectivity index (χ3v) is 14.8. The first-order valence-corrected chi connectivity index (χ1v) is 18.9. The van der Waals surface area contributed by atoms with Crippen molar-refractivity contribution in [3.8, 4) is 0 Å². The van der Waals surface area contributed by atoms with Crippen molar-refractivity contribution in [3.05, 3.63) is 0 Å². The maximum Gasteiger partial charge on any atom is 0.229 e. The molecule has 12 atom stereocenters. The van der Waals surface area contributed by atoms with Crippen LogP contribution in [0, 0.1) is 52.3 Å². The first-order valence-electron chi connectivity index (χ1n) is 18.9. The third-order valence-electron chi connectivity index (χ3n) is 14.8. The van der Waals surface area contributed by atoms with Gasteiger partial charge in [-0.1, -0.05) is 27.7 Å². The molecule has 9 heteroatoms. The minimum atomic E-state index is -0.281. The van der Waals surface area contributed by atoms with E-state index in [0.29, 0.717) is 60.2 Å². The molecule has 0 aromatic rings. The highest BCUT2D eigenvalue weighted by Crippen LogP contribution is 2.70. The smallest absolute Gasteiger partial charge is 0.229 e. The van der Waals surface area contributed by atoms with Crippen molar-refractivity contribution >= 4 is 17.6 Å². The number of rotatable bonds is 7. The van der Waals surface area contributed by atoms with Gasteiger partial charge in [-0.15, -0.1) is 0 Å². The van der Waals surface area contributed by atoms with E-state index in [2.05, 4.69) is 48.5 Å². The highest BCUT2D eigenvalue weighted by Gasteiger charge is 2.71. The van der Waals surface area contributed by atoms with Crippen molar-refractivity contribution < 1.29 is 23.9 Å². The molecule has 4 saturated carbocycles. The summed E-state index contributed by atoms with van der Waals surface area (Å²) in [6, 6.07) is 0.114. The number of nitrogens with one attached hydrogen (secondary N) is 3. The maximum absolute atomic E-state index is 14.4. The zero-order chi connectivity index (χ0) is 32.3. The van der Waals surface area contributed by atoms with Crippen LogP contribution in [0.25, 0.3) is 0 Å². The van der Waals surface area contributed by atoms with Gasteiger partial charge in [-0.05, 0) is 99.3 Å². The molecule has 258 valence electrons. The Morgan fingerprint density at radius 3 is 2.57 bits per heavy atom. The predicted octanol–water partition coefficient (Wildman–Crippen LogP) is 3.90. The van der Waals surface area contributed by atoms with Gasteiger partial charge in [0.15, 0.2) is 0 Å². The van der Waals surface area contributed by atoms with Gasteiger partial charge < -0.3 is 20.1 Å². The lowest BCUT2D eigenvalue weighted by Crippen LogP contribution is -2.60. The van der Waals surface area contributed by atoms with E-state index >= 15 is 0 Å². The van der Waals surface area contributed by atoms with Gasteiger partial charge in [-0.2, -0.15) is 0 Å². The number of fused-ring (bicyclic) bond motifs is 7. The molecule has 7 aliphatic rings. The fraction of sp³-hybridized carbons (Fsp3) is 0.919. The summed E-state index contributed by atoms with van der Waals surface area (Å²) < 4.78 is 12.4. The second kappa shape index (κ2) is 12.7. The summed E-state index contributed by atoms with van der Waals surface area (Å²) in [5, 5.41) is 9.96. The van der Waals surface area contributed by atoms with Crippen molar-refractivity contribution in [1.29, 1.82) is 0 Å². The molecule has 4 aliphatic carbocycles. The average molecular weight is 641 g/mol. The molecular weight excluding hydrogens is 580 g/mol. The molecule has 3 heterocycles. The number of nitrogens with zero attached hydrogens (tertiary/aromatic N) is 1. The van der Waals surface area contributed by atoms with Crippen LogP contribution in [-0.4, -0.2) is 86.3 Å². The van der Waals surface area contributed by atoms with E-state index < -0.39 is 0 Å². The molecular formula is C37H60N4O5. The largest absolute Gasteiger partial charge is 0.379 e. The Morgan fingerprint density at radius 2 is 1.80 bits per heavy atom. The highest BCUT2D eigenvalue weighted by molar-refractivity contribution is 5.97. The Bertz CT molecular complexity index is 1170. The van der Waals surface area contributed by atoms with Crippen LogP contribution in [0.1, 0.15) is 98.3 Å². The number of carbonyl (C=O) groups is 3. The number of ether oxygens (including phenoxy) is 2. The van der Waals surface area contributed by atoms with Crippen LogP contribution in [0.4, 0.5) is 0 Å². The van der Waals surface area contributed by atoms with Crippen molar-refractivity contribution in [2.45, 2.75) is 116 Å². The average Bonchev–Trinajstić information content (AvgIpc) is 3.48. The van der Waals surface area contributed by atoms with E-state index in [1.165, 1.54) is 19.3 Å². The van der Waals surface area contributed by atoms with Crippen LogP contribution in [0.5, 0.6) is 0 Å². The summed E-state index contributed by atoms with van der Waals surface area (Å²) in [7, 11) is 0. The molecule has 3 aliphatic heterocycles. The summed E-state index contributed by atoms with van der Waals surface area (Å²) in [4.78, 5) is 42.1. The van der Waals surface area contributed by atoms with E-state index in [4.69, 9.17) is 9.47 Å².